The lowest BCUT2D eigenvalue weighted by atomic mass is 9.81. The Morgan fingerprint density at radius 1 is 1.42 bits per heavy atom. The minimum Gasteiger partial charge on any atom is -0.481 e. The maximum atomic E-state index is 12.5. The molecule has 2 amide bonds. The number of nitrogens with zero attached hydrogens (tertiary/aromatic N) is 4. The van der Waals surface area contributed by atoms with Crippen molar-refractivity contribution in [1.29, 1.82) is 0 Å². The molecule has 2 saturated heterocycles. The molecule has 1 N–H and O–H groups in total. The summed E-state index contributed by atoms with van der Waals surface area (Å²) in [4.78, 5) is 39.8. The predicted octanol–water partition coefficient (Wildman–Crippen LogP) is -0.256. The molecule has 3 heterocycles. The first-order valence-corrected chi connectivity index (χ1v) is 8.15. The zero-order valence-electron chi connectivity index (χ0n) is 13.9. The van der Waals surface area contributed by atoms with E-state index >= 15 is 0 Å². The van der Waals surface area contributed by atoms with Gasteiger partial charge in [-0.2, -0.15) is 5.10 Å². The first-order chi connectivity index (χ1) is 11.4. The summed E-state index contributed by atoms with van der Waals surface area (Å²) >= 11 is 0. The zero-order chi connectivity index (χ0) is 17.5. The van der Waals surface area contributed by atoms with Crippen LogP contribution >= 0.6 is 0 Å². The van der Waals surface area contributed by atoms with Crippen LogP contribution in [0.3, 0.4) is 0 Å². The lowest BCUT2D eigenvalue weighted by Crippen LogP contribution is -2.42. The molecular weight excluding hydrogens is 312 g/mol. The quantitative estimate of drug-likeness (QED) is 0.801. The van der Waals surface area contributed by atoms with Gasteiger partial charge < -0.3 is 14.9 Å². The van der Waals surface area contributed by atoms with E-state index < -0.39 is 17.3 Å². The number of rotatable bonds is 5. The number of carboxylic acids is 1. The molecule has 2 atom stereocenters. The molecular formula is C16H22N4O4. The number of amides is 2. The largest absolute Gasteiger partial charge is 0.481 e. The molecule has 0 aromatic carbocycles. The summed E-state index contributed by atoms with van der Waals surface area (Å²) in [6, 6.07) is 0. The van der Waals surface area contributed by atoms with Gasteiger partial charge in [0, 0.05) is 45.8 Å². The number of carbonyl (C=O) groups is 3. The first-order valence-electron chi connectivity index (χ1n) is 8.15. The smallest absolute Gasteiger partial charge is 0.314 e. The van der Waals surface area contributed by atoms with Crippen molar-refractivity contribution in [2.75, 3.05) is 26.2 Å². The van der Waals surface area contributed by atoms with Crippen molar-refractivity contribution in [1.82, 2.24) is 19.6 Å². The Balaban J connectivity index is 1.68. The van der Waals surface area contributed by atoms with Crippen LogP contribution in [0, 0.1) is 11.3 Å². The molecule has 3 rings (SSSR count). The van der Waals surface area contributed by atoms with Crippen LogP contribution in [0.4, 0.5) is 0 Å². The second-order valence-corrected chi connectivity index (χ2v) is 6.66. The maximum Gasteiger partial charge on any atom is 0.314 e. The summed E-state index contributed by atoms with van der Waals surface area (Å²) < 4.78 is 1.68. The van der Waals surface area contributed by atoms with Crippen LogP contribution in [0.15, 0.2) is 12.4 Å². The fourth-order valence-corrected chi connectivity index (χ4v) is 3.78. The summed E-state index contributed by atoms with van der Waals surface area (Å²) in [5.41, 5.74) is -0.191. The van der Waals surface area contributed by atoms with E-state index in [-0.39, 0.29) is 31.4 Å². The van der Waals surface area contributed by atoms with E-state index in [0.29, 0.717) is 19.4 Å². The lowest BCUT2D eigenvalue weighted by Gasteiger charge is -2.24. The van der Waals surface area contributed by atoms with Crippen molar-refractivity contribution in [3.8, 4) is 0 Å². The van der Waals surface area contributed by atoms with Gasteiger partial charge in [0.05, 0.1) is 12.1 Å². The number of hydrogen-bond acceptors (Lipinski definition) is 4. The molecule has 0 unspecified atom stereocenters. The zero-order valence-corrected chi connectivity index (χ0v) is 13.9. The summed E-state index contributed by atoms with van der Waals surface area (Å²) in [5.74, 6) is -1.87. The van der Waals surface area contributed by atoms with Crippen LogP contribution in [-0.2, 0) is 27.9 Å². The van der Waals surface area contributed by atoms with Crippen LogP contribution in [0.1, 0.15) is 18.9 Å². The highest BCUT2D eigenvalue weighted by atomic mass is 16.4. The third kappa shape index (κ3) is 2.55. The van der Waals surface area contributed by atoms with E-state index in [1.54, 1.807) is 20.7 Å². The number of aryl methyl sites for hydroxylation is 2. The average molecular weight is 334 g/mol. The molecule has 2 fully saturated rings. The van der Waals surface area contributed by atoms with Crippen molar-refractivity contribution in [2.24, 2.45) is 18.4 Å². The van der Waals surface area contributed by atoms with Crippen molar-refractivity contribution in [2.45, 2.75) is 19.8 Å². The van der Waals surface area contributed by atoms with E-state index in [9.17, 15) is 19.5 Å². The van der Waals surface area contributed by atoms with Crippen molar-refractivity contribution >= 4 is 17.8 Å². The molecule has 8 nitrogen and oxygen atoms in total. The van der Waals surface area contributed by atoms with Gasteiger partial charge in [0.1, 0.15) is 5.41 Å². The van der Waals surface area contributed by atoms with Crippen LogP contribution in [0.25, 0.3) is 0 Å². The number of fused-ring (bicyclic) bond motifs is 1. The Morgan fingerprint density at radius 3 is 2.71 bits per heavy atom. The Morgan fingerprint density at radius 2 is 2.17 bits per heavy atom. The molecule has 0 aliphatic carbocycles. The molecule has 0 saturated carbocycles. The fourth-order valence-electron chi connectivity index (χ4n) is 3.78. The fraction of sp³-hybridized carbons (Fsp3) is 0.625. The minimum absolute atomic E-state index is 0.107. The van der Waals surface area contributed by atoms with Gasteiger partial charge in [-0.05, 0) is 18.9 Å². The molecule has 2 aliphatic heterocycles. The molecule has 1 aromatic heterocycles. The normalized spacial score (nSPS) is 26.1. The number of aliphatic carboxylic acids is 1. The summed E-state index contributed by atoms with van der Waals surface area (Å²) in [5, 5.41) is 13.8. The third-order valence-electron chi connectivity index (χ3n) is 5.17. The van der Waals surface area contributed by atoms with E-state index in [0.717, 1.165) is 5.56 Å². The SMILES string of the molecule is CCN1C[C@@]2(C(=O)O)CN(C(=O)CCc3cnn(C)c3)C[C@H]2C1=O. The topological polar surface area (TPSA) is 95.7 Å². The molecule has 0 bridgehead atoms. The third-order valence-corrected chi connectivity index (χ3v) is 5.17. The molecule has 130 valence electrons. The van der Waals surface area contributed by atoms with E-state index in [1.807, 2.05) is 20.2 Å². The van der Waals surface area contributed by atoms with Crippen molar-refractivity contribution < 1.29 is 19.5 Å². The van der Waals surface area contributed by atoms with E-state index in [4.69, 9.17) is 0 Å². The van der Waals surface area contributed by atoms with Crippen LogP contribution in [-0.4, -0.2) is 68.6 Å². The first kappa shape index (κ1) is 16.5. The van der Waals surface area contributed by atoms with Gasteiger partial charge in [-0.3, -0.25) is 19.1 Å². The lowest BCUT2D eigenvalue weighted by molar-refractivity contribution is -0.150. The molecule has 24 heavy (non-hydrogen) atoms. The van der Waals surface area contributed by atoms with Gasteiger partial charge in [-0.15, -0.1) is 0 Å². The summed E-state index contributed by atoms with van der Waals surface area (Å²) in [6.45, 7) is 2.84. The van der Waals surface area contributed by atoms with Gasteiger partial charge in [-0.25, -0.2) is 0 Å². The Labute approximate surface area is 140 Å². The second kappa shape index (κ2) is 5.92. The standard InChI is InChI=1S/C16H22N4O4/c1-3-19-9-16(15(23)24)10-20(8-12(16)14(19)22)13(21)5-4-11-6-17-18(2)7-11/h6-7,12H,3-5,8-10H2,1-2H3,(H,23,24)/t12-,16+/m0/s1. The summed E-state index contributed by atoms with van der Waals surface area (Å²) in [7, 11) is 1.81. The molecule has 8 heteroatoms. The molecule has 0 radical (unpaired) electrons. The Hall–Kier alpha value is -2.38. The number of carboxylic acid groups (broad SMARTS) is 1. The predicted molar refractivity (Wildman–Crippen MR) is 83.9 cm³/mol. The molecule has 0 spiro atoms. The van der Waals surface area contributed by atoms with Gasteiger partial charge in [-0.1, -0.05) is 0 Å². The Kier molecular flexibility index (Phi) is 4.06. The second-order valence-electron chi connectivity index (χ2n) is 6.66. The highest BCUT2D eigenvalue weighted by Gasteiger charge is 2.62. The van der Waals surface area contributed by atoms with Gasteiger partial charge >= 0.3 is 5.97 Å². The van der Waals surface area contributed by atoms with E-state index in [1.165, 1.54) is 0 Å². The van der Waals surface area contributed by atoms with Gasteiger partial charge in [0.15, 0.2) is 0 Å². The molecule has 2 aliphatic rings. The minimum atomic E-state index is -1.16. The number of likely N-dealkylation sites (tertiary alicyclic amines) is 2. The van der Waals surface area contributed by atoms with Gasteiger partial charge in [0.2, 0.25) is 11.8 Å². The van der Waals surface area contributed by atoms with Crippen molar-refractivity contribution in [3.63, 3.8) is 0 Å². The number of aromatic nitrogens is 2. The maximum absolute atomic E-state index is 12.5. The highest BCUT2D eigenvalue weighted by molar-refractivity contribution is 5.94. The van der Waals surface area contributed by atoms with E-state index in [2.05, 4.69) is 5.10 Å². The monoisotopic (exact) mass is 334 g/mol. The Bertz CT molecular complexity index is 685. The average Bonchev–Trinajstić information content (AvgIpc) is 3.19. The highest BCUT2D eigenvalue weighted by Crippen LogP contribution is 2.43. The summed E-state index contributed by atoms with van der Waals surface area (Å²) in [6.07, 6.45) is 4.42. The molecule has 1 aromatic rings. The number of carbonyl (C=O) groups excluding carboxylic acids is 2. The van der Waals surface area contributed by atoms with Crippen LogP contribution < -0.4 is 0 Å². The van der Waals surface area contributed by atoms with Gasteiger partial charge in [0.25, 0.3) is 0 Å². The van der Waals surface area contributed by atoms with Crippen molar-refractivity contribution in [3.05, 3.63) is 18.0 Å². The van der Waals surface area contributed by atoms with Crippen LogP contribution in [0.2, 0.25) is 0 Å². The number of hydrogen-bond donors (Lipinski definition) is 1. The van der Waals surface area contributed by atoms with Crippen LogP contribution in [0.5, 0.6) is 0 Å².